The highest BCUT2D eigenvalue weighted by molar-refractivity contribution is 7.92. The second-order valence-corrected chi connectivity index (χ2v) is 7.82. The molecule has 0 aromatic heterocycles. The number of carbonyl (C=O) groups is 1. The van der Waals surface area contributed by atoms with E-state index < -0.39 is 33.4 Å². The molecule has 0 spiro atoms. The van der Waals surface area contributed by atoms with Crippen molar-refractivity contribution in [1.29, 1.82) is 0 Å². The van der Waals surface area contributed by atoms with E-state index in [9.17, 15) is 26.4 Å². The summed E-state index contributed by atoms with van der Waals surface area (Å²) < 4.78 is 67.8. The van der Waals surface area contributed by atoms with Gasteiger partial charge < -0.3 is 5.32 Å². The van der Waals surface area contributed by atoms with E-state index in [0.717, 1.165) is 24.3 Å². The molecule has 3 rings (SSSR count). The van der Waals surface area contributed by atoms with Crippen LogP contribution in [0.3, 0.4) is 0 Å². The summed E-state index contributed by atoms with van der Waals surface area (Å²) in [6, 6.07) is 11.6. The monoisotopic (exact) mass is 420 g/mol. The molecule has 29 heavy (non-hydrogen) atoms. The van der Waals surface area contributed by atoms with Crippen LogP contribution in [0.25, 0.3) is 0 Å². The molecule has 0 aliphatic heterocycles. The van der Waals surface area contributed by atoms with Crippen LogP contribution in [0.4, 0.5) is 24.5 Å². The van der Waals surface area contributed by atoms with Gasteiger partial charge in [-0.15, -0.1) is 0 Å². The first-order valence-corrected chi connectivity index (χ1v) is 9.80. The molecule has 3 aromatic carbocycles. The van der Waals surface area contributed by atoms with Gasteiger partial charge in [-0.2, -0.15) is 0 Å². The smallest absolute Gasteiger partial charge is 0.262 e. The first-order valence-electron chi connectivity index (χ1n) is 8.32. The van der Waals surface area contributed by atoms with Crippen molar-refractivity contribution < 1.29 is 26.4 Å². The second kappa shape index (κ2) is 7.96. The van der Waals surface area contributed by atoms with Crippen LogP contribution in [0, 0.1) is 24.4 Å². The number of para-hydroxylation sites is 1. The van der Waals surface area contributed by atoms with Crippen LogP contribution >= 0.6 is 0 Å². The number of anilines is 2. The van der Waals surface area contributed by atoms with Gasteiger partial charge in [0.1, 0.15) is 17.5 Å². The molecule has 0 radical (unpaired) electrons. The number of aryl methyl sites for hydroxylation is 1. The maximum absolute atomic E-state index is 13.8. The van der Waals surface area contributed by atoms with E-state index in [1.54, 1.807) is 6.92 Å². The summed E-state index contributed by atoms with van der Waals surface area (Å²) in [6.07, 6.45) is 0. The van der Waals surface area contributed by atoms with E-state index in [1.165, 1.54) is 30.3 Å². The fourth-order valence-electron chi connectivity index (χ4n) is 2.54. The second-order valence-electron chi connectivity index (χ2n) is 6.14. The lowest BCUT2D eigenvalue weighted by Gasteiger charge is -2.12. The molecule has 0 aliphatic carbocycles. The molecule has 2 N–H and O–H groups in total. The molecule has 0 saturated carbocycles. The standard InChI is InChI=1S/C20H15F3N2O3S/c1-12-6-8-14(29(27,28)25-19-5-3-2-4-16(19)22)11-15(12)20(26)24-18-9-7-13(21)10-17(18)23/h2-11,25H,1H3,(H,24,26). The van der Waals surface area contributed by atoms with Crippen LogP contribution in [0.2, 0.25) is 0 Å². The molecule has 0 heterocycles. The Labute approximate surface area is 165 Å². The van der Waals surface area contributed by atoms with Gasteiger partial charge in [0, 0.05) is 11.6 Å². The molecule has 0 saturated heterocycles. The predicted octanol–water partition coefficient (Wildman–Crippen LogP) is 4.47. The zero-order valence-electron chi connectivity index (χ0n) is 15.0. The Morgan fingerprint density at radius 2 is 1.59 bits per heavy atom. The molecular weight excluding hydrogens is 405 g/mol. The molecule has 0 aliphatic rings. The highest BCUT2D eigenvalue weighted by Crippen LogP contribution is 2.22. The largest absolute Gasteiger partial charge is 0.319 e. The molecule has 9 heteroatoms. The van der Waals surface area contributed by atoms with E-state index in [4.69, 9.17) is 0 Å². The fraction of sp³-hybridized carbons (Fsp3) is 0.0500. The van der Waals surface area contributed by atoms with E-state index >= 15 is 0 Å². The van der Waals surface area contributed by atoms with Crippen molar-refractivity contribution in [3.05, 3.63) is 89.2 Å². The molecule has 0 bridgehead atoms. The average molecular weight is 420 g/mol. The third-order valence-corrected chi connectivity index (χ3v) is 5.42. The van der Waals surface area contributed by atoms with Crippen molar-refractivity contribution in [2.24, 2.45) is 0 Å². The van der Waals surface area contributed by atoms with Gasteiger partial charge in [-0.1, -0.05) is 18.2 Å². The van der Waals surface area contributed by atoms with E-state index in [1.807, 2.05) is 0 Å². The summed E-state index contributed by atoms with van der Waals surface area (Å²) in [5.41, 5.74) is -0.110. The van der Waals surface area contributed by atoms with Crippen LogP contribution < -0.4 is 10.0 Å². The van der Waals surface area contributed by atoms with E-state index in [2.05, 4.69) is 10.0 Å². The quantitative estimate of drug-likeness (QED) is 0.640. The van der Waals surface area contributed by atoms with Crippen LogP contribution in [0.1, 0.15) is 15.9 Å². The van der Waals surface area contributed by atoms with Crippen molar-refractivity contribution in [3.63, 3.8) is 0 Å². The number of halogens is 3. The van der Waals surface area contributed by atoms with Gasteiger partial charge in [-0.3, -0.25) is 9.52 Å². The average Bonchev–Trinajstić information content (AvgIpc) is 2.66. The third-order valence-electron chi connectivity index (χ3n) is 4.06. The summed E-state index contributed by atoms with van der Waals surface area (Å²) in [4.78, 5) is 12.2. The summed E-state index contributed by atoms with van der Waals surface area (Å²) in [7, 11) is -4.19. The Hall–Kier alpha value is -3.33. The Bertz CT molecular complexity index is 1200. The van der Waals surface area contributed by atoms with Crippen molar-refractivity contribution in [1.82, 2.24) is 0 Å². The summed E-state index contributed by atoms with van der Waals surface area (Å²) >= 11 is 0. The molecule has 0 fully saturated rings. The maximum atomic E-state index is 13.8. The van der Waals surface area contributed by atoms with Gasteiger partial charge in [0.05, 0.1) is 16.3 Å². The first kappa shape index (κ1) is 20.4. The van der Waals surface area contributed by atoms with Gasteiger partial charge in [0.25, 0.3) is 15.9 Å². The normalized spacial score (nSPS) is 11.2. The van der Waals surface area contributed by atoms with Gasteiger partial charge in [0.15, 0.2) is 0 Å². The zero-order valence-corrected chi connectivity index (χ0v) is 15.9. The highest BCUT2D eigenvalue weighted by Gasteiger charge is 2.20. The SMILES string of the molecule is Cc1ccc(S(=O)(=O)Nc2ccccc2F)cc1C(=O)Nc1ccc(F)cc1F. The van der Waals surface area contributed by atoms with Crippen molar-refractivity contribution in [3.8, 4) is 0 Å². The fourth-order valence-corrected chi connectivity index (χ4v) is 3.63. The van der Waals surface area contributed by atoms with Crippen LogP contribution in [0.15, 0.2) is 65.6 Å². The molecule has 1 amide bonds. The highest BCUT2D eigenvalue weighted by atomic mass is 32.2. The number of carbonyl (C=O) groups excluding carboxylic acids is 1. The zero-order chi connectivity index (χ0) is 21.2. The molecular formula is C20H15F3N2O3S. The van der Waals surface area contributed by atoms with E-state index in [-0.39, 0.29) is 21.8 Å². The number of sulfonamides is 1. The predicted molar refractivity (Wildman–Crippen MR) is 103 cm³/mol. The van der Waals surface area contributed by atoms with Gasteiger partial charge in [-0.25, -0.2) is 21.6 Å². The Morgan fingerprint density at radius 3 is 2.28 bits per heavy atom. The van der Waals surface area contributed by atoms with Gasteiger partial charge in [-0.05, 0) is 48.9 Å². The number of amides is 1. The summed E-state index contributed by atoms with van der Waals surface area (Å²) in [5, 5.41) is 2.28. The van der Waals surface area contributed by atoms with Crippen LogP contribution in [-0.2, 0) is 10.0 Å². The van der Waals surface area contributed by atoms with Gasteiger partial charge >= 0.3 is 0 Å². The first-order chi connectivity index (χ1) is 13.7. The van der Waals surface area contributed by atoms with E-state index in [0.29, 0.717) is 11.6 Å². The lowest BCUT2D eigenvalue weighted by atomic mass is 10.1. The number of hydrogen-bond donors (Lipinski definition) is 2. The Balaban J connectivity index is 1.91. The minimum Gasteiger partial charge on any atom is -0.319 e. The summed E-state index contributed by atoms with van der Waals surface area (Å²) in [5.74, 6) is -3.31. The Kier molecular flexibility index (Phi) is 5.60. The number of benzene rings is 3. The van der Waals surface area contributed by atoms with Crippen molar-refractivity contribution in [2.75, 3.05) is 10.0 Å². The van der Waals surface area contributed by atoms with Crippen molar-refractivity contribution in [2.45, 2.75) is 11.8 Å². The summed E-state index contributed by atoms with van der Waals surface area (Å²) in [6.45, 7) is 1.57. The molecule has 5 nitrogen and oxygen atoms in total. The van der Waals surface area contributed by atoms with Gasteiger partial charge in [0.2, 0.25) is 0 Å². The Morgan fingerprint density at radius 1 is 0.862 bits per heavy atom. The topological polar surface area (TPSA) is 75.3 Å². The maximum Gasteiger partial charge on any atom is 0.262 e. The van der Waals surface area contributed by atoms with Crippen molar-refractivity contribution >= 4 is 27.3 Å². The number of rotatable bonds is 5. The number of nitrogens with one attached hydrogen (secondary N) is 2. The molecule has 0 unspecified atom stereocenters. The third kappa shape index (κ3) is 4.57. The lowest BCUT2D eigenvalue weighted by Crippen LogP contribution is -2.18. The molecule has 3 aromatic rings. The number of hydrogen-bond acceptors (Lipinski definition) is 3. The minimum absolute atomic E-state index is 0.0369. The molecule has 0 atom stereocenters. The minimum atomic E-state index is -4.19. The van der Waals surface area contributed by atoms with Crippen LogP contribution in [0.5, 0.6) is 0 Å². The molecule has 150 valence electrons. The van der Waals surface area contributed by atoms with Crippen LogP contribution in [-0.4, -0.2) is 14.3 Å². The lowest BCUT2D eigenvalue weighted by molar-refractivity contribution is 0.102.